The van der Waals surface area contributed by atoms with Crippen molar-refractivity contribution in [1.29, 1.82) is 0 Å². The monoisotopic (exact) mass is 474 g/mol. The molecule has 1 N–H and O–H groups in total. The van der Waals surface area contributed by atoms with Crippen LogP contribution in [0.2, 0.25) is 0 Å². The number of oxazole rings is 1. The number of hydrogen-bond donors (Lipinski definition) is 1. The second kappa shape index (κ2) is 9.08. The molecule has 4 aromatic rings. The second-order valence-electron chi connectivity index (χ2n) is 6.91. The van der Waals surface area contributed by atoms with E-state index in [1.54, 1.807) is 60.7 Å². The highest BCUT2D eigenvalue weighted by atomic mass is 32.2. The molecular weight excluding hydrogens is 457 g/mol. The minimum Gasteiger partial charge on any atom is -0.435 e. The molecule has 3 aromatic carbocycles. The number of aromatic nitrogens is 1. The number of nitrogens with zero attached hydrogens (tertiary/aromatic N) is 1. The standard InChI is InChI=1S/C23H17F3N2O4S/c24-23(25,26)32-19-13-7-8-16(14-19)15-27-33(29,30)22-20(17-9-3-1-4-10-17)31-21(28-22)18-11-5-2-6-12-18/h1-14,27H,15H2. The van der Waals surface area contributed by atoms with E-state index < -0.39 is 22.1 Å². The van der Waals surface area contributed by atoms with Gasteiger partial charge in [0.15, 0.2) is 5.76 Å². The molecule has 0 unspecified atom stereocenters. The van der Waals surface area contributed by atoms with E-state index in [0.717, 1.165) is 12.1 Å². The molecule has 6 nitrogen and oxygen atoms in total. The second-order valence-corrected chi connectivity index (χ2v) is 8.59. The van der Waals surface area contributed by atoms with E-state index in [2.05, 4.69) is 14.4 Å². The highest BCUT2D eigenvalue weighted by molar-refractivity contribution is 7.89. The molecular formula is C23H17F3N2O4S. The summed E-state index contributed by atoms with van der Waals surface area (Å²) in [6.07, 6.45) is -4.85. The molecule has 0 fully saturated rings. The van der Waals surface area contributed by atoms with Gasteiger partial charge in [0.1, 0.15) is 5.75 Å². The zero-order valence-electron chi connectivity index (χ0n) is 16.9. The smallest absolute Gasteiger partial charge is 0.435 e. The predicted molar refractivity (Wildman–Crippen MR) is 115 cm³/mol. The lowest BCUT2D eigenvalue weighted by molar-refractivity contribution is -0.274. The minimum absolute atomic E-state index is 0.0520. The lowest BCUT2D eigenvalue weighted by atomic mass is 10.2. The summed E-state index contributed by atoms with van der Waals surface area (Å²) in [5, 5.41) is -0.324. The molecule has 0 aliphatic heterocycles. The van der Waals surface area contributed by atoms with Crippen LogP contribution in [-0.4, -0.2) is 19.8 Å². The molecule has 33 heavy (non-hydrogen) atoms. The van der Waals surface area contributed by atoms with Crippen LogP contribution in [0.1, 0.15) is 5.56 Å². The Kier molecular flexibility index (Phi) is 6.21. The predicted octanol–water partition coefficient (Wildman–Crippen LogP) is 5.39. The van der Waals surface area contributed by atoms with Crippen molar-refractivity contribution in [2.75, 3.05) is 0 Å². The van der Waals surface area contributed by atoms with Gasteiger partial charge >= 0.3 is 6.36 Å². The number of rotatable bonds is 7. The Bertz CT molecular complexity index is 1340. The molecule has 0 saturated heterocycles. The zero-order valence-corrected chi connectivity index (χ0v) is 17.7. The van der Waals surface area contributed by atoms with E-state index in [-0.39, 0.29) is 28.8 Å². The molecule has 0 atom stereocenters. The Labute approximate surface area is 187 Å². The van der Waals surface area contributed by atoms with Gasteiger partial charge in [-0.3, -0.25) is 0 Å². The molecule has 0 aliphatic rings. The SMILES string of the molecule is O=S(=O)(NCc1cccc(OC(F)(F)F)c1)c1nc(-c2ccccc2)oc1-c1ccccc1. The van der Waals surface area contributed by atoms with Crippen LogP contribution < -0.4 is 9.46 Å². The Morgan fingerprint density at radius 2 is 1.52 bits per heavy atom. The summed E-state index contributed by atoms with van der Waals surface area (Å²) in [5.41, 5.74) is 1.37. The molecule has 1 aromatic heterocycles. The first kappa shape index (κ1) is 22.6. The molecule has 0 saturated carbocycles. The summed E-state index contributed by atoms with van der Waals surface area (Å²) in [6.45, 7) is -0.279. The van der Waals surface area contributed by atoms with Crippen LogP contribution in [0.25, 0.3) is 22.8 Å². The van der Waals surface area contributed by atoms with Crippen LogP contribution in [0.5, 0.6) is 5.75 Å². The van der Waals surface area contributed by atoms with Crippen LogP contribution in [0.3, 0.4) is 0 Å². The lowest BCUT2D eigenvalue weighted by Gasteiger charge is -2.10. The number of benzene rings is 3. The van der Waals surface area contributed by atoms with Crippen molar-refractivity contribution in [3.05, 3.63) is 90.5 Å². The number of hydrogen-bond acceptors (Lipinski definition) is 5. The summed E-state index contributed by atoms with van der Waals surface area (Å²) in [7, 11) is -4.19. The fourth-order valence-corrected chi connectivity index (χ4v) is 4.16. The third-order valence-electron chi connectivity index (χ3n) is 4.51. The van der Waals surface area contributed by atoms with Gasteiger partial charge in [-0.25, -0.2) is 13.1 Å². The lowest BCUT2D eigenvalue weighted by Crippen LogP contribution is -2.24. The fourth-order valence-electron chi connectivity index (χ4n) is 3.06. The van der Waals surface area contributed by atoms with Crippen molar-refractivity contribution >= 4 is 10.0 Å². The van der Waals surface area contributed by atoms with Crippen LogP contribution >= 0.6 is 0 Å². The van der Waals surface area contributed by atoms with Gasteiger partial charge in [-0.15, -0.1) is 13.2 Å². The van der Waals surface area contributed by atoms with Crippen molar-refractivity contribution in [3.63, 3.8) is 0 Å². The Morgan fingerprint density at radius 1 is 0.879 bits per heavy atom. The van der Waals surface area contributed by atoms with Gasteiger partial charge < -0.3 is 9.15 Å². The van der Waals surface area contributed by atoms with Crippen molar-refractivity contribution in [2.24, 2.45) is 0 Å². The molecule has 4 rings (SSSR count). The maximum atomic E-state index is 13.1. The largest absolute Gasteiger partial charge is 0.573 e. The summed E-state index contributed by atoms with van der Waals surface area (Å²) >= 11 is 0. The minimum atomic E-state index is -4.85. The van der Waals surface area contributed by atoms with Crippen molar-refractivity contribution in [1.82, 2.24) is 9.71 Å². The van der Waals surface area contributed by atoms with E-state index in [0.29, 0.717) is 11.1 Å². The Balaban J connectivity index is 1.65. The molecule has 0 bridgehead atoms. The number of nitrogens with one attached hydrogen (secondary N) is 1. The maximum Gasteiger partial charge on any atom is 0.573 e. The molecule has 0 amide bonds. The molecule has 0 aliphatic carbocycles. The Hall–Kier alpha value is -3.63. The number of ether oxygens (including phenoxy) is 1. The van der Waals surface area contributed by atoms with Crippen molar-refractivity contribution in [3.8, 4) is 28.5 Å². The third kappa shape index (κ3) is 5.60. The first-order valence-corrected chi connectivity index (χ1v) is 11.2. The van der Waals surface area contributed by atoms with Gasteiger partial charge in [0.2, 0.25) is 10.9 Å². The average Bonchev–Trinajstić information content (AvgIpc) is 3.25. The van der Waals surface area contributed by atoms with Gasteiger partial charge in [0, 0.05) is 17.7 Å². The van der Waals surface area contributed by atoms with E-state index in [9.17, 15) is 21.6 Å². The Morgan fingerprint density at radius 3 is 2.15 bits per heavy atom. The quantitative estimate of drug-likeness (QED) is 0.389. The average molecular weight is 474 g/mol. The van der Waals surface area contributed by atoms with Crippen LogP contribution in [-0.2, 0) is 16.6 Å². The van der Waals surface area contributed by atoms with Gasteiger partial charge in [0.05, 0.1) is 0 Å². The highest BCUT2D eigenvalue weighted by Gasteiger charge is 2.31. The first-order valence-electron chi connectivity index (χ1n) is 9.67. The number of halogens is 3. The highest BCUT2D eigenvalue weighted by Crippen LogP contribution is 2.32. The number of sulfonamides is 1. The maximum absolute atomic E-state index is 13.1. The summed E-state index contributed by atoms with van der Waals surface area (Å²) in [6, 6.07) is 22.5. The third-order valence-corrected chi connectivity index (χ3v) is 5.82. The molecule has 0 spiro atoms. The van der Waals surface area contributed by atoms with Gasteiger partial charge in [-0.2, -0.15) is 4.98 Å². The van der Waals surface area contributed by atoms with Crippen molar-refractivity contribution < 1.29 is 30.7 Å². The van der Waals surface area contributed by atoms with E-state index in [1.807, 2.05) is 0 Å². The van der Waals surface area contributed by atoms with E-state index in [1.165, 1.54) is 12.1 Å². The number of alkyl halides is 3. The van der Waals surface area contributed by atoms with E-state index in [4.69, 9.17) is 4.42 Å². The van der Waals surface area contributed by atoms with Crippen LogP contribution in [0.15, 0.2) is 94.4 Å². The summed E-state index contributed by atoms with van der Waals surface area (Å²) in [5.74, 6) is -0.275. The molecule has 10 heteroatoms. The van der Waals surface area contributed by atoms with E-state index >= 15 is 0 Å². The van der Waals surface area contributed by atoms with Crippen LogP contribution in [0, 0.1) is 0 Å². The first-order chi connectivity index (χ1) is 15.7. The van der Waals surface area contributed by atoms with Gasteiger partial charge in [-0.05, 0) is 29.8 Å². The molecule has 1 heterocycles. The fraction of sp³-hybridized carbons (Fsp3) is 0.0870. The molecule has 0 radical (unpaired) electrons. The van der Waals surface area contributed by atoms with Crippen LogP contribution in [0.4, 0.5) is 13.2 Å². The van der Waals surface area contributed by atoms with Gasteiger partial charge in [-0.1, -0.05) is 60.7 Å². The topological polar surface area (TPSA) is 81.4 Å². The van der Waals surface area contributed by atoms with Gasteiger partial charge in [0.25, 0.3) is 10.0 Å². The summed E-state index contributed by atoms with van der Waals surface area (Å²) in [4.78, 5) is 4.22. The summed E-state index contributed by atoms with van der Waals surface area (Å²) < 4.78 is 75.7. The zero-order chi connectivity index (χ0) is 23.5. The molecule has 170 valence electrons. The normalized spacial score (nSPS) is 12.0. The van der Waals surface area contributed by atoms with Crippen molar-refractivity contribution in [2.45, 2.75) is 17.9 Å².